The summed E-state index contributed by atoms with van der Waals surface area (Å²) in [6.07, 6.45) is 5.46. The van der Waals surface area contributed by atoms with E-state index in [1.54, 1.807) is 17.6 Å². The van der Waals surface area contributed by atoms with Gasteiger partial charge in [0.2, 0.25) is 0 Å². The molecule has 0 spiro atoms. The zero-order valence-electron chi connectivity index (χ0n) is 9.46. The lowest BCUT2D eigenvalue weighted by molar-refractivity contribution is 0.572. The Morgan fingerprint density at radius 2 is 1.89 bits per heavy atom. The van der Waals surface area contributed by atoms with Crippen molar-refractivity contribution in [3.05, 3.63) is 54.4 Å². The fourth-order valence-corrected chi connectivity index (χ4v) is 3.10. The molecule has 0 aliphatic rings. The molecule has 0 unspecified atom stereocenters. The predicted octanol–water partition coefficient (Wildman–Crippen LogP) is 4.71. The molecule has 0 aliphatic heterocycles. The Morgan fingerprint density at radius 3 is 2.89 bits per heavy atom. The maximum Gasteiger partial charge on any atom is 0.123 e. The standard InChI is InChI=1S/C15H9NOS/c1-2-10-8-17-9-14(10)11(3-1)12-4-6-16-15-13(12)5-7-18-15/h1-9H. The highest BCUT2D eigenvalue weighted by Crippen LogP contribution is 2.34. The van der Waals surface area contributed by atoms with Gasteiger partial charge in [0.15, 0.2) is 0 Å². The van der Waals surface area contributed by atoms with Crippen LogP contribution in [0.15, 0.2) is 58.9 Å². The molecule has 0 saturated heterocycles. The summed E-state index contributed by atoms with van der Waals surface area (Å²) in [4.78, 5) is 5.47. The molecule has 0 bridgehead atoms. The highest BCUT2D eigenvalue weighted by atomic mass is 32.1. The molecular formula is C15H9NOS. The van der Waals surface area contributed by atoms with Crippen molar-refractivity contribution in [2.45, 2.75) is 0 Å². The zero-order valence-corrected chi connectivity index (χ0v) is 10.3. The first-order chi connectivity index (χ1) is 8.93. The monoisotopic (exact) mass is 251 g/mol. The van der Waals surface area contributed by atoms with Crippen LogP contribution in [0, 0.1) is 0 Å². The number of fused-ring (bicyclic) bond motifs is 2. The van der Waals surface area contributed by atoms with Crippen LogP contribution in [-0.4, -0.2) is 4.98 Å². The predicted molar refractivity (Wildman–Crippen MR) is 74.8 cm³/mol. The van der Waals surface area contributed by atoms with Crippen molar-refractivity contribution >= 4 is 32.3 Å². The smallest absolute Gasteiger partial charge is 0.123 e. The first kappa shape index (κ1) is 9.85. The number of benzene rings is 1. The Hall–Kier alpha value is -2.13. The number of aromatic nitrogens is 1. The molecule has 1 aromatic carbocycles. The maximum atomic E-state index is 5.31. The summed E-state index contributed by atoms with van der Waals surface area (Å²) in [6, 6.07) is 10.4. The third-order valence-electron chi connectivity index (χ3n) is 3.18. The van der Waals surface area contributed by atoms with Crippen molar-refractivity contribution in [2.75, 3.05) is 0 Å². The molecule has 3 aromatic heterocycles. The average molecular weight is 251 g/mol. The highest BCUT2D eigenvalue weighted by Gasteiger charge is 2.09. The fraction of sp³-hybridized carbons (Fsp3) is 0. The van der Waals surface area contributed by atoms with E-state index < -0.39 is 0 Å². The SMILES string of the molecule is c1cc(-c2ccnc3sccc23)c2cocc2c1. The topological polar surface area (TPSA) is 26.0 Å². The van der Waals surface area contributed by atoms with Crippen molar-refractivity contribution in [1.82, 2.24) is 4.98 Å². The molecule has 3 heterocycles. The minimum Gasteiger partial charge on any atom is -0.471 e. The first-order valence-electron chi connectivity index (χ1n) is 5.71. The van der Waals surface area contributed by atoms with E-state index in [-0.39, 0.29) is 0 Å². The average Bonchev–Trinajstić information content (AvgIpc) is 3.06. The van der Waals surface area contributed by atoms with Crippen molar-refractivity contribution in [2.24, 2.45) is 0 Å². The van der Waals surface area contributed by atoms with Gasteiger partial charge in [-0.1, -0.05) is 18.2 Å². The van der Waals surface area contributed by atoms with Gasteiger partial charge in [0.25, 0.3) is 0 Å². The van der Waals surface area contributed by atoms with Gasteiger partial charge in [0.1, 0.15) is 4.83 Å². The molecule has 0 N–H and O–H groups in total. The van der Waals surface area contributed by atoms with Crippen LogP contribution in [0.4, 0.5) is 0 Å². The summed E-state index contributed by atoms with van der Waals surface area (Å²) in [5.74, 6) is 0. The van der Waals surface area contributed by atoms with E-state index in [2.05, 4.69) is 40.7 Å². The van der Waals surface area contributed by atoms with Crippen molar-refractivity contribution in [1.29, 1.82) is 0 Å². The van der Waals surface area contributed by atoms with Gasteiger partial charge in [-0.3, -0.25) is 0 Å². The van der Waals surface area contributed by atoms with Crippen molar-refractivity contribution in [3.63, 3.8) is 0 Å². The summed E-state index contributed by atoms with van der Waals surface area (Å²) in [7, 11) is 0. The molecular weight excluding hydrogens is 242 g/mol. The summed E-state index contributed by atoms with van der Waals surface area (Å²) >= 11 is 1.67. The van der Waals surface area contributed by atoms with E-state index in [0.717, 1.165) is 15.6 Å². The molecule has 2 nitrogen and oxygen atoms in total. The van der Waals surface area contributed by atoms with E-state index in [0.29, 0.717) is 0 Å². The van der Waals surface area contributed by atoms with Crippen LogP contribution in [0.5, 0.6) is 0 Å². The molecule has 0 saturated carbocycles. The van der Waals surface area contributed by atoms with Crippen LogP contribution in [0.2, 0.25) is 0 Å². The van der Waals surface area contributed by atoms with E-state index in [9.17, 15) is 0 Å². The first-order valence-corrected chi connectivity index (χ1v) is 6.59. The van der Waals surface area contributed by atoms with Crippen molar-refractivity contribution in [3.8, 4) is 11.1 Å². The fourth-order valence-electron chi connectivity index (χ4n) is 2.34. The third kappa shape index (κ3) is 1.31. The van der Waals surface area contributed by atoms with Gasteiger partial charge in [0, 0.05) is 22.4 Å². The van der Waals surface area contributed by atoms with Gasteiger partial charge in [-0.05, 0) is 28.6 Å². The van der Waals surface area contributed by atoms with Crippen LogP contribution in [-0.2, 0) is 0 Å². The molecule has 0 atom stereocenters. The van der Waals surface area contributed by atoms with Gasteiger partial charge in [-0.15, -0.1) is 11.3 Å². The molecule has 4 rings (SSSR count). The third-order valence-corrected chi connectivity index (χ3v) is 4.00. The van der Waals surface area contributed by atoms with E-state index in [1.807, 2.05) is 12.5 Å². The number of rotatable bonds is 1. The highest BCUT2D eigenvalue weighted by molar-refractivity contribution is 7.16. The summed E-state index contributed by atoms with van der Waals surface area (Å²) in [5, 5.41) is 5.57. The zero-order chi connectivity index (χ0) is 11.9. The lowest BCUT2D eigenvalue weighted by Crippen LogP contribution is -1.81. The molecule has 0 radical (unpaired) electrons. The summed E-state index contributed by atoms with van der Waals surface area (Å²) in [5.41, 5.74) is 2.42. The Morgan fingerprint density at radius 1 is 0.944 bits per heavy atom. The molecule has 3 heteroatoms. The largest absolute Gasteiger partial charge is 0.471 e. The van der Waals surface area contributed by atoms with Gasteiger partial charge < -0.3 is 4.42 Å². The van der Waals surface area contributed by atoms with Gasteiger partial charge in [-0.2, -0.15) is 0 Å². The molecule has 0 fully saturated rings. The normalized spacial score (nSPS) is 11.3. The van der Waals surface area contributed by atoms with Crippen LogP contribution in [0.1, 0.15) is 0 Å². The molecule has 4 aromatic rings. The van der Waals surface area contributed by atoms with E-state index in [1.165, 1.54) is 16.5 Å². The van der Waals surface area contributed by atoms with Crippen LogP contribution < -0.4 is 0 Å². The van der Waals surface area contributed by atoms with Gasteiger partial charge in [0.05, 0.1) is 12.5 Å². The van der Waals surface area contributed by atoms with Crippen molar-refractivity contribution < 1.29 is 4.42 Å². The van der Waals surface area contributed by atoms with Gasteiger partial charge in [-0.25, -0.2) is 4.98 Å². The maximum absolute atomic E-state index is 5.31. The molecule has 0 aliphatic carbocycles. The van der Waals surface area contributed by atoms with E-state index >= 15 is 0 Å². The summed E-state index contributed by atoms with van der Waals surface area (Å²) < 4.78 is 5.31. The minimum atomic E-state index is 1.08. The Balaban J connectivity index is 2.13. The quantitative estimate of drug-likeness (QED) is 0.489. The lowest BCUT2D eigenvalue weighted by atomic mass is 10.00. The molecule has 0 amide bonds. The number of nitrogens with zero attached hydrogens (tertiary/aromatic N) is 1. The van der Waals surface area contributed by atoms with Crippen LogP contribution in [0.3, 0.4) is 0 Å². The second-order valence-electron chi connectivity index (χ2n) is 4.18. The Kier molecular flexibility index (Phi) is 2.02. The van der Waals surface area contributed by atoms with Gasteiger partial charge >= 0.3 is 0 Å². The van der Waals surface area contributed by atoms with Crippen LogP contribution >= 0.6 is 11.3 Å². The molecule has 86 valence electrons. The number of pyridine rings is 1. The van der Waals surface area contributed by atoms with E-state index in [4.69, 9.17) is 4.42 Å². The second-order valence-corrected chi connectivity index (χ2v) is 5.07. The Bertz CT molecular complexity index is 772. The Labute approximate surface area is 108 Å². The number of thiophene rings is 1. The number of hydrogen-bond donors (Lipinski definition) is 0. The van der Waals surface area contributed by atoms with Crippen LogP contribution in [0.25, 0.3) is 32.1 Å². The lowest BCUT2D eigenvalue weighted by Gasteiger charge is -2.04. The number of hydrogen-bond acceptors (Lipinski definition) is 3. The minimum absolute atomic E-state index is 1.08. The molecule has 18 heavy (non-hydrogen) atoms. The number of furan rings is 1. The summed E-state index contributed by atoms with van der Waals surface area (Å²) in [6.45, 7) is 0. The second kappa shape index (κ2) is 3.68.